The number of nitrogens with zero attached hydrogens (tertiary/aromatic N) is 2. The van der Waals surface area contributed by atoms with E-state index in [0.717, 1.165) is 53.9 Å². The number of aryl methyl sites for hydroxylation is 1. The van der Waals surface area contributed by atoms with Crippen molar-refractivity contribution in [3.63, 3.8) is 0 Å². The van der Waals surface area contributed by atoms with Crippen LogP contribution < -0.4 is 11.1 Å². The molecule has 1 heterocycles. The van der Waals surface area contributed by atoms with Gasteiger partial charge >= 0.3 is 0 Å². The summed E-state index contributed by atoms with van der Waals surface area (Å²) in [7, 11) is 5.37. The van der Waals surface area contributed by atoms with E-state index in [4.69, 9.17) is 20.2 Å². The number of allylic oxidation sites excluding steroid dienone is 1. The molecule has 0 saturated heterocycles. The third kappa shape index (κ3) is 9.15. The van der Waals surface area contributed by atoms with Crippen LogP contribution in [0.25, 0.3) is 11.0 Å². The van der Waals surface area contributed by atoms with Gasteiger partial charge in [0, 0.05) is 38.2 Å². The Morgan fingerprint density at radius 3 is 2.63 bits per heavy atom. The van der Waals surface area contributed by atoms with E-state index in [1.165, 1.54) is 0 Å². The molecule has 2 unspecified atom stereocenters. The molecule has 0 spiro atoms. The fourth-order valence-electron chi connectivity index (χ4n) is 4.03. The molecule has 1 aromatic carbocycles. The predicted molar refractivity (Wildman–Crippen MR) is 145 cm³/mol. The molecular formula is C28H46N4O3. The number of hydrogen-bond donors (Lipinski definition) is 2. The third-order valence-electron chi connectivity index (χ3n) is 6.20. The van der Waals surface area contributed by atoms with Gasteiger partial charge in [-0.05, 0) is 56.4 Å². The Morgan fingerprint density at radius 1 is 1.31 bits per heavy atom. The number of carbonyl (C=O) groups is 1. The zero-order chi connectivity index (χ0) is 26.4. The van der Waals surface area contributed by atoms with E-state index in [-0.39, 0.29) is 11.9 Å². The topological polar surface area (TPSA) is 91.4 Å². The van der Waals surface area contributed by atoms with Crippen LogP contribution >= 0.6 is 0 Å². The second-order valence-electron chi connectivity index (χ2n) is 8.52. The molecule has 35 heavy (non-hydrogen) atoms. The second-order valence-corrected chi connectivity index (χ2v) is 8.52. The lowest BCUT2D eigenvalue weighted by Crippen LogP contribution is -2.38. The summed E-state index contributed by atoms with van der Waals surface area (Å²) in [4.78, 5) is 17.0. The van der Waals surface area contributed by atoms with E-state index in [2.05, 4.69) is 29.6 Å². The Bertz CT molecular complexity index is 965. The highest BCUT2D eigenvalue weighted by Crippen LogP contribution is 2.34. The van der Waals surface area contributed by atoms with Gasteiger partial charge in [-0.15, -0.1) is 0 Å². The molecule has 7 nitrogen and oxygen atoms in total. The molecule has 2 aromatic rings. The number of imidazole rings is 1. The third-order valence-corrected chi connectivity index (χ3v) is 6.20. The van der Waals surface area contributed by atoms with Crippen LogP contribution in [0.1, 0.15) is 77.1 Å². The van der Waals surface area contributed by atoms with Gasteiger partial charge in [-0.1, -0.05) is 39.8 Å². The summed E-state index contributed by atoms with van der Waals surface area (Å²) in [5, 5.41) is 3.15. The van der Waals surface area contributed by atoms with Crippen molar-refractivity contribution in [2.75, 3.05) is 20.8 Å². The largest absolute Gasteiger partial charge is 0.502 e. The van der Waals surface area contributed by atoms with Gasteiger partial charge in [0.25, 0.3) is 0 Å². The average Bonchev–Trinajstić information content (AvgIpc) is 3.23. The number of carbonyl (C=O) groups excluding carboxylic acids is 1. The molecule has 2 atom stereocenters. The lowest BCUT2D eigenvalue weighted by Gasteiger charge is -2.29. The lowest BCUT2D eigenvalue weighted by atomic mass is 9.85. The van der Waals surface area contributed by atoms with Crippen LogP contribution in [-0.4, -0.2) is 42.3 Å². The van der Waals surface area contributed by atoms with Crippen molar-refractivity contribution in [3.05, 3.63) is 53.6 Å². The minimum atomic E-state index is -0.00857. The van der Waals surface area contributed by atoms with Gasteiger partial charge in [-0.25, -0.2) is 4.98 Å². The lowest BCUT2D eigenvalue weighted by molar-refractivity contribution is -0.118. The minimum Gasteiger partial charge on any atom is -0.502 e. The molecule has 3 N–H and O–H groups in total. The number of amides is 1. The maximum atomic E-state index is 12.1. The van der Waals surface area contributed by atoms with Gasteiger partial charge in [-0.3, -0.25) is 4.79 Å². The van der Waals surface area contributed by atoms with E-state index >= 15 is 0 Å². The first kappa shape index (κ1) is 30.4. The summed E-state index contributed by atoms with van der Waals surface area (Å²) in [6.07, 6.45) is 6.74. The van der Waals surface area contributed by atoms with Crippen molar-refractivity contribution in [1.29, 1.82) is 0 Å². The number of benzene rings is 1. The number of methoxy groups -OCH3 is 2. The quantitative estimate of drug-likeness (QED) is 0.388. The summed E-state index contributed by atoms with van der Waals surface area (Å²) in [6, 6.07) is 6.42. The average molecular weight is 487 g/mol. The highest BCUT2D eigenvalue weighted by atomic mass is 16.5. The highest BCUT2D eigenvalue weighted by Gasteiger charge is 2.28. The number of nitrogens with one attached hydrogen (secondary N) is 1. The molecular weight excluding hydrogens is 440 g/mol. The van der Waals surface area contributed by atoms with Crippen molar-refractivity contribution in [3.8, 4) is 0 Å². The molecule has 1 amide bonds. The Labute approximate surface area is 211 Å². The summed E-state index contributed by atoms with van der Waals surface area (Å²) in [5.74, 6) is 2.36. The van der Waals surface area contributed by atoms with Crippen molar-refractivity contribution in [1.82, 2.24) is 14.9 Å². The number of hydrogen-bond acceptors (Lipinski definition) is 5. The second kappa shape index (κ2) is 16.1. The van der Waals surface area contributed by atoms with E-state index in [9.17, 15) is 4.79 Å². The molecule has 3 rings (SSSR count). The van der Waals surface area contributed by atoms with E-state index < -0.39 is 0 Å². The van der Waals surface area contributed by atoms with Gasteiger partial charge in [0.1, 0.15) is 5.82 Å². The van der Waals surface area contributed by atoms with Crippen LogP contribution in [0, 0.1) is 0 Å². The summed E-state index contributed by atoms with van der Waals surface area (Å²) in [5.41, 5.74) is 9.68. The summed E-state index contributed by atoms with van der Waals surface area (Å²) in [6.45, 7) is 12.8. The number of ether oxygens (including phenoxy) is 2. The van der Waals surface area contributed by atoms with E-state index in [1.807, 2.05) is 45.9 Å². The molecule has 1 aromatic heterocycles. The van der Waals surface area contributed by atoms with E-state index in [1.54, 1.807) is 14.2 Å². The first-order chi connectivity index (χ1) is 16.8. The molecule has 0 aliphatic heterocycles. The standard InChI is InChI=1S/C20H28N4O.C6H12O2.C2H6/c1-4-13(2)20(25)22-16-7-5-6-15(11-16)19-23-17-9-8-14(12-21)10-18(17)24(19)3;1-6(8-3)4-5-7-2;1-2/h8-10,15-16H,2,4-7,11-12,21H2,1,3H3,(H,22,25);4H,5H2,1-3H3;1-2H3/b;6-4+;. The predicted octanol–water partition coefficient (Wildman–Crippen LogP) is 5.35. The number of nitrogens with two attached hydrogens (primary N) is 1. The molecule has 1 aliphatic rings. The van der Waals surface area contributed by atoms with Crippen LogP contribution in [0.5, 0.6) is 0 Å². The van der Waals surface area contributed by atoms with Gasteiger partial charge in [0.05, 0.1) is 30.5 Å². The summed E-state index contributed by atoms with van der Waals surface area (Å²) < 4.78 is 11.8. The smallest absolute Gasteiger partial charge is 0.246 e. The zero-order valence-electron chi connectivity index (χ0n) is 22.8. The van der Waals surface area contributed by atoms with Gasteiger partial charge in [0.2, 0.25) is 5.91 Å². The first-order valence-electron chi connectivity index (χ1n) is 12.7. The van der Waals surface area contributed by atoms with E-state index in [0.29, 0.717) is 31.1 Å². The molecule has 0 bridgehead atoms. The van der Waals surface area contributed by atoms with Crippen molar-refractivity contribution < 1.29 is 14.3 Å². The minimum absolute atomic E-state index is 0.00857. The van der Waals surface area contributed by atoms with Gasteiger partial charge < -0.3 is 25.1 Å². The van der Waals surface area contributed by atoms with Crippen LogP contribution in [0.3, 0.4) is 0 Å². The van der Waals surface area contributed by atoms with Crippen molar-refractivity contribution in [2.45, 2.75) is 78.3 Å². The van der Waals surface area contributed by atoms with Crippen LogP contribution in [0.2, 0.25) is 0 Å². The van der Waals surface area contributed by atoms with Crippen LogP contribution in [0.4, 0.5) is 0 Å². The SMILES string of the molecule is C=C(CC)C(=O)NC1CCCC(c2nc3ccc(CN)cc3n2C)C1.CC.COC/C=C(\C)OC. The van der Waals surface area contributed by atoms with Crippen molar-refractivity contribution in [2.24, 2.45) is 12.8 Å². The van der Waals surface area contributed by atoms with Gasteiger partial charge in [-0.2, -0.15) is 0 Å². The van der Waals surface area contributed by atoms with Crippen molar-refractivity contribution >= 4 is 16.9 Å². The molecule has 0 radical (unpaired) electrons. The fourth-order valence-corrected chi connectivity index (χ4v) is 4.03. The monoisotopic (exact) mass is 486 g/mol. The van der Waals surface area contributed by atoms with Crippen LogP contribution in [-0.2, 0) is 27.9 Å². The van der Waals surface area contributed by atoms with Crippen LogP contribution in [0.15, 0.2) is 42.2 Å². The normalized spacial score (nSPS) is 17.5. The number of aromatic nitrogens is 2. The molecule has 1 fully saturated rings. The van der Waals surface area contributed by atoms with Gasteiger partial charge in [0.15, 0.2) is 0 Å². The Balaban J connectivity index is 0.000000523. The Kier molecular flexibility index (Phi) is 14.0. The fraction of sp³-hybridized carbons (Fsp3) is 0.571. The Hall–Kier alpha value is -2.64. The maximum absolute atomic E-state index is 12.1. The summed E-state index contributed by atoms with van der Waals surface area (Å²) >= 11 is 0. The number of fused-ring (bicyclic) bond motifs is 1. The zero-order valence-corrected chi connectivity index (χ0v) is 22.8. The Morgan fingerprint density at radius 2 is 2.03 bits per heavy atom. The molecule has 1 aliphatic carbocycles. The maximum Gasteiger partial charge on any atom is 0.246 e. The number of rotatable bonds is 8. The molecule has 196 valence electrons. The molecule has 7 heteroatoms. The first-order valence-corrected chi connectivity index (χ1v) is 12.7. The highest BCUT2D eigenvalue weighted by molar-refractivity contribution is 5.92. The molecule has 1 saturated carbocycles.